The third kappa shape index (κ3) is 5.21. The molecule has 1 fully saturated rings. The Morgan fingerprint density at radius 3 is 2.29 bits per heavy atom. The summed E-state index contributed by atoms with van der Waals surface area (Å²) in [5, 5.41) is 28.9. The largest absolute Gasteiger partial charge is 0.462 e. The number of hydrogen-bond donors (Lipinski definition) is 3. The first kappa shape index (κ1) is 18.4. The third-order valence-electron chi connectivity index (χ3n) is 3.48. The number of carbonyl (C=O) groups excluding carboxylic acids is 1. The highest BCUT2D eigenvalue weighted by Crippen LogP contribution is 2.34. The van der Waals surface area contributed by atoms with Crippen molar-refractivity contribution in [2.45, 2.75) is 65.5 Å². The van der Waals surface area contributed by atoms with Crippen LogP contribution in [0.5, 0.6) is 0 Å². The molecule has 4 atom stereocenters. The predicted molar refractivity (Wildman–Crippen MR) is 76.6 cm³/mol. The van der Waals surface area contributed by atoms with Crippen molar-refractivity contribution in [1.82, 2.24) is 0 Å². The third-order valence-corrected chi connectivity index (χ3v) is 3.48. The minimum absolute atomic E-state index is 0.0179. The molecule has 0 aromatic heterocycles. The average molecular weight is 304 g/mol. The molecule has 0 aromatic rings. The lowest BCUT2D eigenvalue weighted by Crippen LogP contribution is -2.42. The molecule has 21 heavy (non-hydrogen) atoms. The monoisotopic (exact) mass is 304 g/mol. The van der Waals surface area contributed by atoms with E-state index in [1.165, 1.54) is 0 Å². The quantitative estimate of drug-likeness (QED) is 0.639. The van der Waals surface area contributed by atoms with Gasteiger partial charge in [-0.2, -0.15) is 0 Å². The van der Waals surface area contributed by atoms with E-state index in [1.54, 1.807) is 13.8 Å². The highest BCUT2D eigenvalue weighted by Gasteiger charge is 2.40. The van der Waals surface area contributed by atoms with Crippen LogP contribution in [0, 0.1) is 10.8 Å². The molecule has 6 nitrogen and oxygen atoms in total. The summed E-state index contributed by atoms with van der Waals surface area (Å²) in [6.45, 7) is 9.44. The van der Waals surface area contributed by atoms with Gasteiger partial charge in [-0.1, -0.05) is 20.8 Å². The predicted octanol–water partition coefficient (Wildman–Crippen LogP) is 0.473. The van der Waals surface area contributed by atoms with Crippen LogP contribution in [0.3, 0.4) is 0 Å². The van der Waals surface area contributed by atoms with Crippen LogP contribution >= 0.6 is 0 Å². The van der Waals surface area contributed by atoms with Gasteiger partial charge in [-0.15, -0.1) is 0 Å². The molecule has 1 aliphatic rings. The molecule has 1 saturated heterocycles. The molecule has 6 heteroatoms. The van der Waals surface area contributed by atoms with Crippen LogP contribution in [0.25, 0.3) is 0 Å². The second kappa shape index (κ2) is 6.60. The standard InChI is InChI=1S/C15H28O6/c1-14(2,3)8-15(4,5)13(19)21-7-10(17)12-11(18)9(16)6-20-12/h9-12,16-18H,6-8H2,1-5H3. The van der Waals surface area contributed by atoms with Crippen LogP contribution in [0.4, 0.5) is 0 Å². The SMILES string of the molecule is CC(C)(C)CC(C)(C)C(=O)OCC(O)C1OCC(O)C1O. The number of rotatable bonds is 5. The molecule has 0 amide bonds. The van der Waals surface area contributed by atoms with E-state index in [-0.39, 0.29) is 18.6 Å². The van der Waals surface area contributed by atoms with Gasteiger partial charge in [-0.05, 0) is 25.7 Å². The zero-order valence-corrected chi connectivity index (χ0v) is 13.5. The van der Waals surface area contributed by atoms with Gasteiger partial charge in [0.2, 0.25) is 0 Å². The van der Waals surface area contributed by atoms with Crippen LogP contribution in [0.1, 0.15) is 41.0 Å². The van der Waals surface area contributed by atoms with E-state index in [0.717, 1.165) is 0 Å². The molecule has 0 radical (unpaired) electrons. The van der Waals surface area contributed by atoms with Crippen molar-refractivity contribution in [3.8, 4) is 0 Å². The Kier molecular flexibility index (Phi) is 5.77. The van der Waals surface area contributed by atoms with E-state index in [9.17, 15) is 20.1 Å². The summed E-state index contributed by atoms with van der Waals surface area (Å²) < 4.78 is 10.2. The van der Waals surface area contributed by atoms with Gasteiger partial charge in [0, 0.05) is 0 Å². The lowest BCUT2D eigenvalue weighted by atomic mass is 9.76. The molecule has 0 bridgehead atoms. The first-order valence-electron chi connectivity index (χ1n) is 7.27. The molecular formula is C15H28O6. The summed E-state index contributed by atoms with van der Waals surface area (Å²) in [5.41, 5.74) is -0.678. The van der Waals surface area contributed by atoms with Crippen LogP contribution in [0.15, 0.2) is 0 Å². The van der Waals surface area contributed by atoms with E-state index in [0.29, 0.717) is 6.42 Å². The molecule has 0 aliphatic carbocycles. The molecule has 0 spiro atoms. The minimum Gasteiger partial charge on any atom is -0.462 e. The Labute approximate surface area is 126 Å². The smallest absolute Gasteiger partial charge is 0.311 e. The Balaban J connectivity index is 2.49. The molecule has 3 N–H and O–H groups in total. The van der Waals surface area contributed by atoms with Gasteiger partial charge in [0.25, 0.3) is 0 Å². The molecule has 1 aliphatic heterocycles. The van der Waals surface area contributed by atoms with Crippen LogP contribution in [0.2, 0.25) is 0 Å². The van der Waals surface area contributed by atoms with Gasteiger partial charge in [-0.3, -0.25) is 4.79 Å². The second-order valence-electron chi connectivity index (χ2n) is 7.64. The van der Waals surface area contributed by atoms with Gasteiger partial charge in [0.05, 0.1) is 12.0 Å². The van der Waals surface area contributed by atoms with Crippen molar-refractivity contribution in [3.05, 3.63) is 0 Å². The molecule has 1 heterocycles. The second-order valence-corrected chi connectivity index (χ2v) is 7.64. The fourth-order valence-electron chi connectivity index (χ4n) is 2.81. The van der Waals surface area contributed by atoms with Crippen molar-refractivity contribution in [3.63, 3.8) is 0 Å². The summed E-state index contributed by atoms with van der Waals surface area (Å²) >= 11 is 0. The number of ether oxygens (including phenoxy) is 2. The highest BCUT2D eigenvalue weighted by atomic mass is 16.6. The maximum absolute atomic E-state index is 12.1. The van der Waals surface area contributed by atoms with Crippen molar-refractivity contribution in [2.24, 2.45) is 10.8 Å². The maximum atomic E-state index is 12.1. The molecule has 1 rings (SSSR count). The van der Waals surface area contributed by atoms with E-state index in [4.69, 9.17) is 9.47 Å². The molecule has 0 saturated carbocycles. The topological polar surface area (TPSA) is 96.2 Å². The van der Waals surface area contributed by atoms with Crippen molar-refractivity contribution < 1.29 is 29.6 Å². The number of hydrogen-bond acceptors (Lipinski definition) is 6. The summed E-state index contributed by atoms with van der Waals surface area (Å²) in [6, 6.07) is 0. The maximum Gasteiger partial charge on any atom is 0.311 e. The van der Waals surface area contributed by atoms with Crippen molar-refractivity contribution in [2.75, 3.05) is 13.2 Å². The van der Waals surface area contributed by atoms with E-state index >= 15 is 0 Å². The van der Waals surface area contributed by atoms with E-state index < -0.39 is 35.8 Å². The molecule has 0 aromatic carbocycles. The molecule has 124 valence electrons. The normalized spacial score (nSPS) is 28.5. The molecular weight excluding hydrogens is 276 g/mol. The van der Waals surface area contributed by atoms with E-state index in [1.807, 2.05) is 20.8 Å². The Morgan fingerprint density at radius 1 is 1.29 bits per heavy atom. The Morgan fingerprint density at radius 2 is 1.86 bits per heavy atom. The summed E-state index contributed by atoms with van der Waals surface area (Å²) in [6.07, 6.45) is -3.63. The number of esters is 1. The Hall–Kier alpha value is -0.690. The lowest BCUT2D eigenvalue weighted by Gasteiger charge is -2.31. The van der Waals surface area contributed by atoms with Crippen LogP contribution in [-0.4, -0.2) is 58.9 Å². The first-order chi connectivity index (χ1) is 9.44. The van der Waals surface area contributed by atoms with Crippen LogP contribution < -0.4 is 0 Å². The summed E-state index contributed by atoms with van der Waals surface area (Å²) in [4.78, 5) is 12.1. The average Bonchev–Trinajstić information content (AvgIpc) is 2.63. The van der Waals surface area contributed by atoms with E-state index in [2.05, 4.69) is 0 Å². The number of carbonyl (C=O) groups is 1. The van der Waals surface area contributed by atoms with Crippen molar-refractivity contribution in [1.29, 1.82) is 0 Å². The Bertz CT molecular complexity index is 360. The number of aliphatic hydroxyl groups excluding tert-OH is 3. The van der Waals surface area contributed by atoms with Gasteiger partial charge in [0.1, 0.15) is 31.0 Å². The minimum atomic E-state index is -1.17. The van der Waals surface area contributed by atoms with Gasteiger partial charge < -0.3 is 24.8 Å². The first-order valence-corrected chi connectivity index (χ1v) is 7.27. The summed E-state index contributed by atoms with van der Waals surface area (Å²) in [5.74, 6) is -0.399. The zero-order chi connectivity index (χ0) is 16.4. The fourth-order valence-corrected chi connectivity index (χ4v) is 2.81. The zero-order valence-electron chi connectivity index (χ0n) is 13.5. The van der Waals surface area contributed by atoms with Gasteiger partial charge >= 0.3 is 5.97 Å². The number of aliphatic hydroxyl groups is 3. The van der Waals surface area contributed by atoms with Gasteiger partial charge in [0.15, 0.2) is 0 Å². The highest BCUT2D eigenvalue weighted by molar-refractivity contribution is 5.76. The van der Waals surface area contributed by atoms with Crippen LogP contribution in [-0.2, 0) is 14.3 Å². The van der Waals surface area contributed by atoms with Crippen molar-refractivity contribution >= 4 is 5.97 Å². The lowest BCUT2D eigenvalue weighted by molar-refractivity contribution is -0.162. The summed E-state index contributed by atoms with van der Waals surface area (Å²) in [7, 11) is 0. The molecule has 4 unspecified atom stereocenters. The van der Waals surface area contributed by atoms with Gasteiger partial charge in [-0.25, -0.2) is 0 Å². The fraction of sp³-hybridized carbons (Fsp3) is 0.933.